The molecule has 10 rings (SSSR count). The van der Waals surface area contributed by atoms with Crippen LogP contribution in [0.1, 0.15) is 0 Å². The van der Waals surface area contributed by atoms with Crippen molar-refractivity contribution in [1.82, 2.24) is 19.5 Å². The molecular formula is C51H34N4. The van der Waals surface area contributed by atoms with Crippen molar-refractivity contribution in [1.29, 1.82) is 0 Å². The summed E-state index contributed by atoms with van der Waals surface area (Å²) in [4.78, 5) is 14.9. The van der Waals surface area contributed by atoms with Crippen LogP contribution in [0.5, 0.6) is 0 Å². The Labute approximate surface area is 319 Å². The van der Waals surface area contributed by atoms with E-state index in [2.05, 4.69) is 150 Å². The van der Waals surface area contributed by atoms with Gasteiger partial charge in [0.15, 0.2) is 17.5 Å². The van der Waals surface area contributed by atoms with Crippen LogP contribution in [0.4, 0.5) is 0 Å². The molecule has 0 N–H and O–H groups in total. The molecule has 55 heavy (non-hydrogen) atoms. The number of nitrogens with zero attached hydrogens (tertiary/aromatic N) is 4. The molecular weight excluding hydrogens is 669 g/mol. The van der Waals surface area contributed by atoms with Gasteiger partial charge in [0.1, 0.15) is 0 Å². The van der Waals surface area contributed by atoms with Crippen LogP contribution < -0.4 is 0 Å². The first-order valence-electron chi connectivity index (χ1n) is 18.5. The van der Waals surface area contributed by atoms with Crippen molar-refractivity contribution in [3.05, 3.63) is 206 Å². The Morgan fingerprint density at radius 2 is 0.745 bits per heavy atom. The third-order valence-corrected chi connectivity index (χ3v) is 10.2. The minimum absolute atomic E-state index is 0.637. The summed E-state index contributed by atoms with van der Waals surface area (Å²) in [5, 5.41) is 2.46. The van der Waals surface area contributed by atoms with Gasteiger partial charge in [0, 0.05) is 33.2 Å². The van der Waals surface area contributed by atoms with Gasteiger partial charge in [0.05, 0.1) is 11.0 Å². The van der Waals surface area contributed by atoms with Crippen LogP contribution in [-0.4, -0.2) is 19.5 Å². The van der Waals surface area contributed by atoms with Gasteiger partial charge in [-0.1, -0.05) is 164 Å². The molecule has 8 aromatic carbocycles. The van der Waals surface area contributed by atoms with Gasteiger partial charge in [0.25, 0.3) is 0 Å². The number of aromatic nitrogens is 4. The van der Waals surface area contributed by atoms with E-state index in [-0.39, 0.29) is 0 Å². The maximum Gasteiger partial charge on any atom is 0.164 e. The highest BCUT2D eigenvalue weighted by atomic mass is 15.0. The van der Waals surface area contributed by atoms with E-state index in [1.54, 1.807) is 0 Å². The Morgan fingerprint density at radius 1 is 0.291 bits per heavy atom. The summed E-state index contributed by atoms with van der Waals surface area (Å²) in [5.74, 6) is 1.93. The van der Waals surface area contributed by atoms with Crippen LogP contribution in [0.25, 0.3) is 95.0 Å². The maximum atomic E-state index is 4.99. The number of rotatable bonds is 7. The van der Waals surface area contributed by atoms with Crippen LogP contribution in [-0.2, 0) is 0 Å². The average molecular weight is 703 g/mol. The summed E-state index contributed by atoms with van der Waals surface area (Å²) in [6, 6.07) is 72.4. The summed E-state index contributed by atoms with van der Waals surface area (Å²) in [6.45, 7) is 0. The highest BCUT2D eigenvalue weighted by Crippen LogP contribution is 2.41. The van der Waals surface area contributed by atoms with Gasteiger partial charge >= 0.3 is 0 Å². The third kappa shape index (κ3) is 6.06. The zero-order valence-electron chi connectivity index (χ0n) is 29.9. The van der Waals surface area contributed by atoms with Crippen LogP contribution >= 0.6 is 0 Å². The first-order valence-corrected chi connectivity index (χ1v) is 18.5. The largest absolute Gasteiger partial charge is 0.309 e. The van der Waals surface area contributed by atoms with E-state index in [4.69, 9.17) is 15.0 Å². The Kier molecular flexibility index (Phi) is 8.12. The summed E-state index contributed by atoms with van der Waals surface area (Å²) in [5.41, 5.74) is 13.3. The molecule has 258 valence electrons. The topological polar surface area (TPSA) is 43.6 Å². The molecule has 0 aliphatic rings. The minimum Gasteiger partial charge on any atom is -0.309 e. The van der Waals surface area contributed by atoms with E-state index in [0.29, 0.717) is 17.5 Å². The molecule has 0 amide bonds. The van der Waals surface area contributed by atoms with E-state index < -0.39 is 0 Å². The van der Waals surface area contributed by atoms with E-state index in [1.807, 2.05) is 60.7 Å². The molecule has 0 atom stereocenters. The second kappa shape index (κ2) is 13.8. The molecule has 10 aromatic rings. The highest BCUT2D eigenvalue weighted by Gasteiger charge is 2.18. The van der Waals surface area contributed by atoms with Crippen LogP contribution in [0, 0.1) is 0 Å². The Morgan fingerprint density at radius 3 is 1.36 bits per heavy atom. The van der Waals surface area contributed by atoms with Gasteiger partial charge in [-0.2, -0.15) is 0 Å². The van der Waals surface area contributed by atoms with Crippen LogP contribution in [0.3, 0.4) is 0 Å². The van der Waals surface area contributed by atoms with Crippen molar-refractivity contribution in [3.63, 3.8) is 0 Å². The quantitative estimate of drug-likeness (QED) is 0.166. The molecule has 0 aliphatic carbocycles. The fourth-order valence-electron chi connectivity index (χ4n) is 7.62. The van der Waals surface area contributed by atoms with Crippen LogP contribution in [0.2, 0.25) is 0 Å². The highest BCUT2D eigenvalue weighted by molar-refractivity contribution is 6.16. The second-order valence-corrected chi connectivity index (χ2v) is 13.7. The second-order valence-electron chi connectivity index (χ2n) is 13.7. The van der Waals surface area contributed by atoms with E-state index in [0.717, 1.165) is 39.1 Å². The summed E-state index contributed by atoms with van der Waals surface area (Å²) < 4.78 is 2.39. The van der Waals surface area contributed by atoms with Gasteiger partial charge in [-0.05, 0) is 75.8 Å². The molecule has 2 heterocycles. The first-order chi connectivity index (χ1) is 27.3. The molecule has 0 radical (unpaired) electrons. The molecule has 0 unspecified atom stereocenters. The predicted molar refractivity (Wildman–Crippen MR) is 227 cm³/mol. The summed E-state index contributed by atoms with van der Waals surface area (Å²) >= 11 is 0. The molecule has 4 heteroatoms. The fraction of sp³-hybridized carbons (Fsp3) is 0. The van der Waals surface area contributed by atoms with Gasteiger partial charge in [0.2, 0.25) is 0 Å². The lowest BCUT2D eigenvalue weighted by Gasteiger charge is -2.11. The number of para-hydroxylation sites is 1. The summed E-state index contributed by atoms with van der Waals surface area (Å²) in [7, 11) is 0. The zero-order valence-corrected chi connectivity index (χ0v) is 29.9. The molecule has 4 nitrogen and oxygen atoms in total. The van der Waals surface area contributed by atoms with Gasteiger partial charge in [-0.15, -0.1) is 0 Å². The Hall–Kier alpha value is -7.43. The van der Waals surface area contributed by atoms with Gasteiger partial charge < -0.3 is 4.57 Å². The van der Waals surface area contributed by atoms with Gasteiger partial charge in [-0.3, -0.25) is 0 Å². The number of benzene rings is 8. The Balaban J connectivity index is 1.11. The van der Waals surface area contributed by atoms with Crippen molar-refractivity contribution in [2.75, 3.05) is 0 Å². The van der Waals surface area contributed by atoms with Crippen molar-refractivity contribution in [2.24, 2.45) is 0 Å². The molecule has 0 spiro atoms. The number of hydrogen-bond donors (Lipinski definition) is 0. The van der Waals surface area contributed by atoms with E-state index >= 15 is 0 Å². The average Bonchev–Trinajstić information content (AvgIpc) is 3.61. The van der Waals surface area contributed by atoms with Crippen molar-refractivity contribution in [2.45, 2.75) is 0 Å². The fourth-order valence-corrected chi connectivity index (χ4v) is 7.62. The van der Waals surface area contributed by atoms with Crippen molar-refractivity contribution < 1.29 is 0 Å². The predicted octanol–water partition coefficient (Wildman–Crippen LogP) is 13.0. The van der Waals surface area contributed by atoms with Crippen molar-refractivity contribution >= 4 is 21.8 Å². The number of hydrogen-bond acceptors (Lipinski definition) is 3. The van der Waals surface area contributed by atoms with Gasteiger partial charge in [-0.25, -0.2) is 15.0 Å². The SMILES string of the molecule is c1ccc(-c2ccc3c(c2)c2c(-c4cccc(-c5cccc(-c6nc(-c7ccccc7)nc(-c7ccccc7)n6)c5)c4)cccc2n3-c2ccccc2)cc1. The lowest BCUT2D eigenvalue weighted by atomic mass is 9.94. The van der Waals surface area contributed by atoms with E-state index in [9.17, 15) is 0 Å². The molecule has 2 aromatic heterocycles. The first kappa shape index (κ1) is 32.2. The summed E-state index contributed by atoms with van der Waals surface area (Å²) in [6.07, 6.45) is 0. The lowest BCUT2D eigenvalue weighted by molar-refractivity contribution is 1.07. The molecule has 0 aliphatic heterocycles. The molecule has 0 saturated carbocycles. The molecule has 0 bridgehead atoms. The third-order valence-electron chi connectivity index (χ3n) is 10.2. The van der Waals surface area contributed by atoms with E-state index in [1.165, 1.54) is 38.5 Å². The number of fused-ring (bicyclic) bond motifs is 3. The molecule has 0 fully saturated rings. The normalized spacial score (nSPS) is 11.3. The standard InChI is InChI=1S/C51H34N4/c1-5-16-35(17-6-1)40-30-31-46-45(34-40)48-44(28-15-29-47(48)55(46)43-26-11-4-12-27-43)41-24-13-22-38(32-41)39-23-14-25-42(33-39)51-53-49(36-18-7-2-8-19-36)52-50(54-51)37-20-9-3-10-21-37/h1-34H. The maximum absolute atomic E-state index is 4.99. The zero-order chi connectivity index (χ0) is 36.6. The molecule has 0 saturated heterocycles. The van der Waals surface area contributed by atoms with Crippen LogP contribution in [0.15, 0.2) is 206 Å². The minimum atomic E-state index is 0.637. The van der Waals surface area contributed by atoms with Crippen molar-refractivity contribution in [3.8, 4) is 73.2 Å². The Bertz CT molecular complexity index is 2900. The smallest absolute Gasteiger partial charge is 0.164 e. The monoisotopic (exact) mass is 702 g/mol. The lowest BCUT2D eigenvalue weighted by Crippen LogP contribution is -2.00.